The van der Waals surface area contributed by atoms with Crippen LogP contribution in [0.2, 0.25) is 0 Å². The second kappa shape index (κ2) is 6.32. The van der Waals surface area contributed by atoms with Crippen LogP contribution in [0.1, 0.15) is 12.0 Å². The van der Waals surface area contributed by atoms with Crippen molar-refractivity contribution < 1.29 is 9.59 Å². The van der Waals surface area contributed by atoms with Gasteiger partial charge in [-0.3, -0.25) is 9.59 Å². The molecule has 1 aliphatic rings. The van der Waals surface area contributed by atoms with Crippen LogP contribution in [-0.4, -0.2) is 18.4 Å². The number of nitrogens with zero attached hydrogens (tertiary/aromatic N) is 1. The summed E-state index contributed by atoms with van der Waals surface area (Å²) in [6, 6.07) is 14.9. The highest BCUT2D eigenvalue weighted by Crippen LogP contribution is 2.26. The fraction of sp³-hybridized carbons (Fsp3) is 0.176. The van der Waals surface area contributed by atoms with Crippen LogP contribution in [0.3, 0.4) is 0 Å². The van der Waals surface area contributed by atoms with Gasteiger partial charge in [0.2, 0.25) is 0 Å². The van der Waals surface area contributed by atoms with Crippen molar-refractivity contribution >= 4 is 39.1 Å². The maximum Gasteiger partial charge on any atom is 0.316 e. The first-order chi connectivity index (χ1) is 10.6. The van der Waals surface area contributed by atoms with E-state index in [0.29, 0.717) is 12.2 Å². The third-order valence-corrected chi connectivity index (χ3v) is 4.18. The minimum absolute atomic E-state index is 0.518. The van der Waals surface area contributed by atoms with Crippen molar-refractivity contribution in [2.45, 2.75) is 12.8 Å². The Hall–Kier alpha value is -2.14. The van der Waals surface area contributed by atoms with Crippen LogP contribution in [0.25, 0.3) is 0 Å². The fourth-order valence-corrected chi connectivity index (χ4v) is 2.85. The van der Waals surface area contributed by atoms with E-state index < -0.39 is 11.8 Å². The highest BCUT2D eigenvalue weighted by atomic mass is 79.9. The van der Waals surface area contributed by atoms with Crippen molar-refractivity contribution in [3.8, 4) is 0 Å². The van der Waals surface area contributed by atoms with Crippen LogP contribution < -0.4 is 10.2 Å². The van der Waals surface area contributed by atoms with E-state index in [1.54, 1.807) is 17.0 Å². The van der Waals surface area contributed by atoms with Crippen molar-refractivity contribution in [3.05, 3.63) is 58.6 Å². The lowest BCUT2D eigenvalue weighted by atomic mass is 10.0. The first-order valence-corrected chi connectivity index (χ1v) is 7.91. The van der Waals surface area contributed by atoms with E-state index in [9.17, 15) is 9.59 Å². The molecule has 0 radical (unpaired) electrons. The van der Waals surface area contributed by atoms with Crippen LogP contribution in [0.4, 0.5) is 11.4 Å². The van der Waals surface area contributed by atoms with Gasteiger partial charge >= 0.3 is 11.8 Å². The Kier molecular flexibility index (Phi) is 4.24. The highest BCUT2D eigenvalue weighted by Gasteiger charge is 2.27. The Labute approximate surface area is 137 Å². The average molecular weight is 359 g/mol. The molecule has 0 saturated carbocycles. The molecule has 0 spiro atoms. The van der Waals surface area contributed by atoms with Crippen molar-refractivity contribution in [3.63, 3.8) is 0 Å². The van der Waals surface area contributed by atoms with E-state index in [-0.39, 0.29) is 0 Å². The van der Waals surface area contributed by atoms with Gasteiger partial charge in [-0.25, -0.2) is 0 Å². The molecule has 0 aromatic heterocycles. The number of anilines is 2. The number of aryl methyl sites for hydroxylation is 1. The summed E-state index contributed by atoms with van der Waals surface area (Å²) in [6.07, 6.45) is 1.81. The summed E-state index contributed by atoms with van der Waals surface area (Å²) in [5.41, 5.74) is 2.55. The molecule has 1 heterocycles. The molecule has 0 unspecified atom stereocenters. The number of halogens is 1. The van der Waals surface area contributed by atoms with Crippen LogP contribution in [-0.2, 0) is 16.0 Å². The van der Waals surface area contributed by atoms with Gasteiger partial charge in [0.1, 0.15) is 0 Å². The predicted octanol–water partition coefficient (Wildman–Crippen LogP) is 3.37. The number of nitrogens with one attached hydrogen (secondary N) is 1. The summed E-state index contributed by atoms with van der Waals surface area (Å²) < 4.78 is 0.918. The van der Waals surface area contributed by atoms with Gasteiger partial charge in [-0.15, -0.1) is 0 Å². The molecule has 3 rings (SSSR count). The molecule has 0 aliphatic carbocycles. The summed E-state index contributed by atoms with van der Waals surface area (Å²) in [5, 5.41) is 2.65. The number of hydrogen-bond acceptors (Lipinski definition) is 2. The zero-order valence-corrected chi connectivity index (χ0v) is 13.5. The Balaban J connectivity index is 1.77. The summed E-state index contributed by atoms with van der Waals surface area (Å²) in [7, 11) is 0. The second-order valence-electron chi connectivity index (χ2n) is 5.15. The van der Waals surface area contributed by atoms with E-state index in [2.05, 4.69) is 21.2 Å². The zero-order chi connectivity index (χ0) is 15.5. The Morgan fingerprint density at radius 2 is 1.77 bits per heavy atom. The minimum Gasteiger partial charge on any atom is -0.318 e. The van der Waals surface area contributed by atoms with Gasteiger partial charge in [0.05, 0.1) is 0 Å². The molecule has 0 saturated heterocycles. The molecule has 2 aromatic carbocycles. The van der Waals surface area contributed by atoms with Crippen LogP contribution in [0.15, 0.2) is 53.0 Å². The summed E-state index contributed by atoms with van der Waals surface area (Å²) in [4.78, 5) is 26.2. The first-order valence-electron chi connectivity index (χ1n) is 7.11. The zero-order valence-electron chi connectivity index (χ0n) is 11.9. The van der Waals surface area contributed by atoms with Gasteiger partial charge in [-0.1, -0.05) is 34.1 Å². The minimum atomic E-state index is -0.612. The van der Waals surface area contributed by atoms with Crippen LogP contribution in [0.5, 0.6) is 0 Å². The number of amides is 2. The highest BCUT2D eigenvalue weighted by molar-refractivity contribution is 9.10. The fourth-order valence-electron chi connectivity index (χ4n) is 2.58. The maximum absolute atomic E-state index is 12.4. The molecule has 0 atom stereocenters. The third-order valence-electron chi connectivity index (χ3n) is 3.65. The number of carbonyl (C=O) groups excluding carboxylic acids is 2. The average Bonchev–Trinajstić information content (AvgIpc) is 2.55. The lowest BCUT2D eigenvalue weighted by molar-refractivity contribution is -0.134. The standard InChI is InChI=1S/C17H15BrN2O2/c18-13-7-9-14(10-8-13)19-16(21)17(22)20-11-3-5-12-4-1-2-6-15(12)20/h1-2,4,6-10H,3,5,11H2,(H,19,21). The molecule has 0 bridgehead atoms. The largest absolute Gasteiger partial charge is 0.318 e. The number of carbonyl (C=O) groups is 2. The third kappa shape index (κ3) is 3.04. The molecular formula is C17H15BrN2O2. The number of rotatable bonds is 1. The SMILES string of the molecule is O=C(Nc1ccc(Br)cc1)C(=O)N1CCCc2ccccc21. The predicted molar refractivity (Wildman–Crippen MR) is 89.9 cm³/mol. The molecular weight excluding hydrogens is 344 g/mol. The van der Waals surface area contributed by atoms with Gasteiger partial charge in [-0.05, 0) is 48.7 Å². The van der Waals surface area contributed by atoms with E-state index in [1.165, 1.54) is 0 Å². The van der Waals surface area contributed by atoms with Crippen molar-refractivity contribution in [2.24, 2.45) is 0 Å². The Morgan fingerprint density at radius 1 is 1.05 bits per heavy atom. The smallest absolute Gasteiger partial charge is 0.316 e. The van der Waals surface area contributed by atoms with Gasteiger partial charge in [0, 0.05) is 22.4 Å². The molecule has 0 fully saturated rings. The number of para-hydroxylation sites is 1. The monoisotopic (exact) mass is 358 g/mol. The van der Waals surface area contributed by atoms with E-state index in [4.69, 9.17) is 0 Å². The van der Waals surface area contributed by atoms with Gasteiger partial charge in [0.25, 0.3) is 0 Å². The van der Waals surface area contributed by atoms with E-state index >= 15 is 0 Å². The lowest BCUT2D eigenvalue weighted by Gasteiger charge is -2.28. The number of benzene rings is 2. The quantitative estimate of drug-likeness (QED) is 0.794. The molecule has 2 aromatic rings. The normalized spacial score (nSPS) is 13.4. The summed E-state index contributed by atoms with van der Waals surface area (Å²) >= 11 is 3.33. The topological polar surface area (TPSA) is 49.4 Å². The molecule has 1 aliphatic heterocycles. The van der Waals surface area contributed by atoms with Crippen LogP contribution in [0, 0.1) is 0 Å². The maximum atomic E-state index is 12.4. The van der Waals surface area contributed by atoms with E-state index in [0.717, 1.165) is 28.6 Å². The molecule has 1 N–H and O–H groups in total. The number of fused-ring (bicyclic) bond motifs is 1. The summed E-state index contributed by atoms with van der Waals surface area (Å²) in [5.74, 6) is -1.13. The summed E-state index contributed by atoms with van der Waals surface area (Å²) in [6.45, 7) is 0.573. The molecule has 22 heavy (non-hydrogen) atoms. The van der Waals surface area contributed by atoms with Crippen molar-refractivity contribution in [2.75, 3.05) is 16.8 Å². The molecule has 2 amide bonds. The van der Waals surface area contributed by atoms with Crippen molar-refractivity contribution in [1.29, 1.82) is 0 Å². The lowest BCUT2D eigenvalue weighted by Crippen LogP contribution is -2.42. The molecule has 5 heteroatoms. The Bertz CT molecular complexity index is 713. The van der Waals surface area contributed by atoms with Crippen molar-refractivity contribution in [1.82, 2.24) is 0 Å². The first kappa shape index (κ1) is 14.8. The molecule has 4 nitrogen and oxygen atoms in total. The van der Waals surface area contributed by atoms with Gasteiger partial charge in [-0.2, -0.15) is 0 Å². The number of hydrogen-bond donors (Lipinski definition) is 1. The molecule has 112 valence electrons. The Morgan fingerprint density at radius 3 is 2.55 bits per heavy atom. The second-order valence-corrected chi connectivity index (χ2v) is 6.07. The van der Waals surface area contributed by atoms with Gasteiger partial charge < -0.3 is 10.2 Å². The van der Waals surface area contributed by atoms with Gasteiger partial charge in [0.15, 0.2) is 0 Å². The van der Waals surface area contributed by atoms with E-state index in [1.807, 2.05) is 36.4 Å². The van der Waals surface area contributed by atoms with Crippen LogP contribution >= 0.6 is 15.9 Å².